The van der Waals surface area contributed by atoms with E-state index in [4.69, 9.17) is 5.11 Å². The van der Waals surface area contributed by atoms with Crippen LogP contribution in [0.5, 0.6) is 0 Å². The van der Waals surface area contributed by atoms with Gasteiger partial charge in [0.2, 0.25) is 5.91 Å². The van der Waals surface area contributed by atoms with Crippen molar-refractivity contribution in [3.8, 4) is 0 Å². The molecule has 1 aromatic rings. The number of carbonyl (C=O) groups is 2. The van der Waals surface area contributed by atoms with Crippen LogP contribution in [0.4, 0.5) is 0 Å². The van der Waals surface area contributed by atoms with E-state index in [0.29, 0.717) is 25.8 Å². The van der Waals surface area contributed by atoms with Crippen LogP contribution < -0.4 is 5.32 Å². The monoisotopic (exact) mass is 249 g/mol. The molecule has 0 aliphatic heterocycles. The van der Waals surface area contributed by atoms with Gasteiger partial charge in [0, 0.05) is 6.54 Å². The van der Waals surface area contributed by atoms with E-state index in [2.05, 4.69) is 5.32 Å². The molecule has 18 heavy (non-hydrogen) atoms. The van der Waals surface area contributed by atoms with E-state index in [1.54, 1.807) is 6.92 Å². The van der Waals surface area contributed by atoms with E-state index in [-0.39, 0.29) is 11.8 Å². The second kappa shape index (κ2) is 7.48. The van der Waals surface area contributed by atoms with Gasteiger partial charge in [0.05, 0.1) is 12.3 Å². The average molecular weight is 249 g/mol. The second-order valence-corrected chi connectivity index (χ2v) is 4.39. The first-order valence-electron chi connectivity index (χ1n) is 6.13. The van der Waals surface area contributed by atoms with Crippen LogP contribution in [-0.4, -0.2) is 23.5 Å². The van der Waals surface area contributed by atoms with Crippen molar-refractivity contribution in [1.29, 1.82) is 0 Å². The Balaban J connectivity index is 2.16. The van der Waals surface area contributed by atoms with Crippen LogP contribution >= 0.6 is 0 Å². The fourth-order valence-corrected chi connectivity index (χ4v) is 1.60. The predicted octanol–water partition coefficient (Wildman–Crippen LogP) is 1.85. The van der Waals surface area contributed by atoms with Gasteiger partial charge < -0.3 is 10.4 Å². The maximum Gasteiger partial charge on any atom is 0.306 e. The number of hydrogen-bond donors (Lipinski definition) is 2. The number of carbonyl (C=O) groups excluding carboxylic acids is 1. The standard InChI is InChI=1S/C14H19NO3/c1-11(14(17)18)6-5-9-15-13(16)10-12-7-3-2-4-8-12/h2-4,7-8,11H,5-6,9-10H2,1H3,(H,15,16)(H,17,18). The molecule has 0 bridgehead atoms. The number of carboxylic acids is 1. The van der Waals surface area contributed by atoms with Crippen molar-refractivity contribution in [1.82, 2.24) is 5.32 Å². The second-order valence-electron chi connectivity index (χ2n) is 4.39. The number of nitrogens with one attached hydrogen (secondary N) is 1. The highest BCUT2D eigenvalue weighted by Crippen LogP contribution is 2.04. The summed E-state index contributed by atoms with van der Waals surface area (Å²) in [5.74, 6) is -1.16. The van der Waals surface area contributed by atoms with Gasteiger partial charge in [-0.2, -0.15) is 0 Å². The topological polar surface area (TPSA) is 66.4 Å². The Bertz CT molecular complexity index is 389. The lowest BCUT2D eigenvalue weighted by Crippen LogP contribution is -2.26. The molecule has 0 aliphatic rings. The van der Waals surface area contributed by atoms with Gasteiger partial charge in [0.15, 0.2) is 0 Å². The minimum atomic E-state index is -0.786. The summed E-state index contributed by atoms with van der Waals surface area (Å²) in [6.45, 7) is 2.21. The Morgan fingerprint density at radius 1 is 1.28 bits per heavy atom. The summed E-state index contributed by atoms with van der Waals surface area (Å²) in [6, 6.07) is 9.53. The summed E-state index contributed by atoms with van der Waals surface area (Å²) < 4.78 is 0. The zero-order valence-corrected chi connectivity index (χ0v) is 10.6. The molecule has 0 aromatic heterocycles. The van der Waals surface area contributed by atoms with Gasteiger partial charge in [-0.05, 0) is 18.4 Å². The molecule has 1 aromatic carbocycles. The van der Waals surface area contributed by atoms with Crippen LogP contribution in [0.2, 0.25) is 0 Å². The summed E-state index contributed by atoms with van der Waals surface area (Å²) >= 11 is 0. The van der Waals surface area contributed by atoms with Crippen molar-refractivity contribution in [3.05, 3.63) is 35.9 Å². The molecular formula is C14H19NO3. The minimum Gasteiger partial charge on any atom is -0.481 e. The SMILES string of the molecule is CC(CCCNC(=O)Cc1ccccc1)C(=O)O. The molecule has 0 saturated carbocycles. The smallest absolute Gasteiger partial charge is 0.306 e. The Labute approximate surface area is 107 Å². The quantitative estimate of drug-likeness (QED) is 0.725. The van der Waals surface area contributed by atoms with Crippen molar-refractivity contribution in [3.63, 3.8) is 0 Å². The lowest BCUT2D eigenvalue weighted by Gasteiger charge is -2.07. The number of carboxylic acid groups (broad SMARTS) is 1. The predicted molar refractivity (Wildman–Crippen MR) is 69.2 cm³/mol. The zero-order chi connectivity index (χ0) is 13.4. The fourth-order valence-electron chi connectivity index (χ4n) is 1.60. The average Bonchev–Trinajstić information content (AvgIpc) is 2.35. The van der Waals surface area contributed by atoms with Crippen molar-refractivity contribution in [2.75, 3.05) is 6.54 Å². The largest absolute Gasteiger partial charge is 0.481 e. The molecule has 4 heteroatoms. The highest BCUT2D eigenvalue weighted by atomic mass is 16.4. The van der Waals surface area contributed by atoms with Gasteiger partial charge in [-0.1, -0.05) is 37.3 Å². The third-order valence-corrected chi connectivity index (χ3v) is 2.77. The number of benzene rings is 1. The molecule has 0 aliphatic carbocycles. The van der Waals surface area contributed by atoms with Crippen LogP contribution in [0.25, 0.3) is 0 Å². The van der Waals surface area contributed by atoms with Crippen LogP contribution in [-0.2, 0) is 16.0 Å². The van der Waals surface area contributed by atoms with Crippen LogP contribution in [0.3, 0.4) is 0 Å². The van der Waals surface area contributed by atoms with Gasteiger partial charge in [0.1, 0.15) is 0 Å². The van der Waals surface area contributed by atoms with Crippen molar-refractivity contribution in [2.24, 2.45) is 5.92 Å². The molecule has 1 rings (SSSR count). The Morgan fingerprint density at radius 3 is 2.56 bits per heavy atom. The lowest BCUT2D eigenvalue weighted by molar-refractivity contribution is -0.141. The van der Waals surface area contributed by atoms with Gasteiger partial charge in [0.25, 0.3) is 0 Å². The van der Waals surface area contributed by atoms with Crippen molar-refractivity contribution < 1.29 is 14.7 Å². The number of amides is 1. The molecule has 0 heterocycles. The van der Waals surface area contributed by atoms with E-state index in [0.717, 1.165) is 5.56 Å². The number of aliphatic carboxylic acids is 1. The van der Waals surface area contributed by atoms with Crippen molar-refractivity contribution in [2.45, 2.75) is 26.2 Å². The van der Waals surface area contributed by atoms with Gasteiger partial charge in [-0.3, -0.25) is 9.59 Å². The first-order valence-corrected chi connectivity index (χ1v) is 6.13. The molecule has 0 fully saturated rings. The molecule has 2 N–H and O–H groups in total. The Hall–Kier alpha value is -1.84. The molecule has 1 amide bonds. The van der Waals surface area contributed by atoms with Crippen LogP contribution in [0, 0.1) is 5.92 Å². The number of rotatable bonds is 7. The molecule has 1 atom stereocenters. The molecule has 1 unspecified atom stereocenters. The van der Waals surface area contributed by atoms with Gasteiger partial charge >= 0.3 is 5.97 Å². The van der Waals surface area contributed by atoms with E-state index in [1.165, 1.54) is 0 Å². The van der Waals surface area contributed by atoms with Gasteiger partial charge in [-0.15, -0.1) is 0 Å². The van der Waals surface area contributed by atoms with Crippen LogP contribution in [0.15, 0.2) is 30.3 Å². The maximum atomic E-state index is 11.6. The normalized spacial score (nSPS) is 11.8. The third kappa shape index (κ3) is 5.48. The molecule has 0 spiro atoms. The minimum absolute atomic E-state index is 0.0239. The highest BCUT2D eigenvalue weighted by Gasteiger charge is 2.10. The molecule has 0 radical (unpaired) electrons. The zero-order valence-electron chi connectivity index (χ0n) is 10.6. The maximum absolute atomic E-state index is 11.6. The van der Waals surface area contributed by atoms with Crippen LogP contribution in [0.1, 0.15) is 25.3 Å². The fraction of sp³-hybridized carbons (Fsp3) is 0.429. The van der Waals surface area contributed by atoms with E-state index < -0.39 is 5.97 Å². The Morgan fingerprint density at radius 2 is 1.94 bits per heavy atom. The van der Waals surface area contributed by atoms with E-state index in [1.807, 2.05) is 30.3 Å². The van der Waals surface area contributed by atoms with Gasteiger partial charge in [-0.25, -0.2) is 0 Å². The molecular weight excluding hydrogens is 230 g/mol. The summed E-state index contributed by atoms with van der Waals surface area (Å²) in [6.07, 6.45) is 1.64. The first kappa shape index (κ1) is 14.2. The Kier molecular flexibility index (Phi) is 5.91. The van der Waals surface area contributed by atoms with E-state index in [9.17, 15) is 9.59 Å². The van der Waals surface area contributed by atoms with E-state index >= 15 is 0 Å². The third-order valence-electron chi connectivity index (χ3n) is 2.77. The summed E-state index contributed by atoms with van der Waals surface area (Å²) in [4.78, 5) is 22.1. The molecule has 0 saturated heterocycles. The van der Waals surface area contributed by atoms with Crippen molar-refractivity contribution >= 4 is 11.9 Å². The summed E-state index contributed by atoms with van der Waals surface area (Å²) in [5, 5.41) is 11.5. The number of hydrogen-bond acceptors (Lipinski definition) is 2. The first-order chi connectivity index (χ1) is 8.59. The molecule has 4 nitrogen and oxygen atoms in total. The summed E-state index contributed by atoms with van der Waals surface area (Å²) in [7, 11) is 0. The molecule has 98 valence electrons. The summed E-state index contributed by atoms with van der Waals surface area (Å²) in [5.41, 5.74) is 0.980. The lowest BCUT2D eigenvalue weighted by atomic mass is 10.1. The highest BCUT2D eigenvalue weighted by molar-refractivity contribution is 5.78.